The molecule has 0 spiro atoms. The predicted molar refractivity (Wildman–Crippen MR) is 141 cm³/mol. The van der Waals surface area contributed by atoms with Gasteiger partial charge in [0.2, 0.25) is 0 Å². The van der Waals surface area contributed by atoms with Gasteiger partial charge in [0.1, 0.15) is 23.0 Å². The van der Waals surface area contributed by atoms with E-state index >= 15 is 0 Å². The average molecular weight is 529 g/mol. The van der Waals surface area contributed by atoms with E-state index in [-0.39, 0.29) is 55.2 Å². The predicted octanol–water partition coefficient (Wildman–Crippen LogP) is 4.23. The molecule has 8 nitrogen and oxygen atoms in total. The molecule has 3 aromatic rings. The Morgan fingerprint density at radius 2 is 1.82 bits per heavy atom. The summed E-state index contributed by atoms with van der Waals surface area (Å²) in [6.07, 6.45) is 3.77. The molecular weight excluding hydrogens is 494 g/mol. The van der Waals surface area contributed by atoms with Crippen molar-refractivity contribution in [2.45, 2.75) is 51.6 Å². The number of allylic oxidation sites excluding steroid dienone is 1. The van der Waals surface area contributed by atoms with Gasteiger partial charge in [-0.3, -0.25) is 9.59 Å². The largest absolute Gasteiger partial charge is 0.394 e. The van der Waals surface area contributed by atoms with Gasteiger partial charge in [0.05, 0.1) is 31.9 Å². The van der Waals surface area contributed by atoms with Crippen molar-refractivity contribution >= 4 is 28.8 Å². The third kappa shape index (κ3) is 6.68. The van der Waals surface area contributed by atoms with Gasteiger partial charge in [0.15, 0.2) is 0 Å². The molecule has 0 saturated carbocycles. The minimum absolute atomic E-state index is 0.211. The van der Waals surface area contributed by atoms with Crippen LogP contribution >= 0.6 is 0 Å². The van der Waals surface area contributed by atoms with Gasteiger partial charge in [-0.2, -0.15) is 0 Å². The van der Waals surface area contributed by atoms with Gasteiger partial charge in [-0.05, 0) is 54.8 Å². The van der Waals surface area contributed by atoms with E-state index in [9.17, 15) is 23.5 Å². The van der Waals surface area contributed by atoms with E-state index in [1.165, 1.54) is 18.2 Å². The SMILES string of the molecule is CCCC(COCC(C)C(CO)NC(=O)c1cc2c([nH]1)CCC(F)=C2)NC(=O)c1cc2cc(F)ccc2[nH]1. The van der Waals surface area contributed by atoms with Crippen LogP contribution in [-0.2, 0) is 11.2 Å². The highest BCUT2D eigenvalue weighted by Gasteiger charge is 2.23. The third-order valence-electron chi connectivity index (χ3n) is 6.80. The summed E-state index contributed by atoms with van der Waals surface area (Å²) in [5, 5.41) is 16.3. The molecule has 3 unspecified atom stereocenters. The summed E-state index contributed by atoms with van der Waals surface area (Å²) >= 11 is 0. The molecule has 2 amide bonds. The van der Waals surface area contributed by atoms with E-state index in [2.05, 4.69) is 20.6 Å². The number of nitrogens with one attached hydrogen (secondary N) is 4. The van der Waals surface area contributed by atoms with Crippen LogP contribution in [0.4, 0.5) is 8.78 Å². The second-order valence-electron chi connectivity index (χ2n) is 9.86. The number of carbonyl (C=O) groups excluding carboxylic acids is 2. The number of hydrogen-bond donors (Lipinski definition) is 5. The number of rotatable bonds is 12. The number of hydrogen-bond acceptors (Lipinski definition) is 4. The van der Waals surface area contributed by atoms with Crippen molar-refractivity contribution in [3.8, 4) is 0 Å². The second kappa shape index (κ2) is 12.4. The maximum atomic E-state index is 13.5. The van der Waals surface area contributed by atoms with Crippen molar-refractivity contribution in [3.05, 3.63) is 64.6 Å². The Balaban J connectivity index is 1.28. The third-order valence-corrected chi connectivity index (χ3v) is 6.80. The van der Waals surface area contributed by atoms with Crippen molar-refractivity contribution in [2.24, 2.45) is 5.92 Å². The Morgan fingerprint density at radius 3 is 2.58 bits per heavy atom. The minimum Gasteiger partial charge on any atom is -0.394 e. The number of aromatic nitrogens is 2. The number of fused-ring (bicyclic) bond motifs is 2. The molecule has 10 heteroatoms. The average Bonchev–Trinajstić information content (AvgIpc) is 3.50. The molecule has 2 heterocycles. The van der Waals surface area contributed by atoms with Gasteiger partial charge in [-0.15, -0.1) is 0 Å². The number of aliphatic hydroxyl groups excluding tert-OH is 1. The summed E-state index contributed by atoms with van der Waals surface area (Å²) in [4.78, 5) is 31.6. The molecule has 1 aliphatic rings. The Kier molecular flexibility index (Phi) is 8.96. The first-order valence-electron chi connectivity index (χ1n) is 12.9. The Hall–Kier alpha value is -3.50. The van der Waals surface area contributed by atoms with E-state index in [1.807, 2.05) is 13.8 Å². The highest BCUT2D eigenvalue weighted by Crippen LogP contribution is 2.25. The van der Waals surface area contributed by atoms with Crippen LogP contribution in [0.25, 0.3) is 17.0 Å². The molecule has 1 aliphatic carbocycles. The lowest BCUT2D eigenvalue weighted by molar-refractivity contribution is 0.0555. The van der Waals surface area contributed by atoms with Gasteiger partial charge >= 0.3 is 0 Å². The Bertz CT molecular complexity index is 1320. The van der Waals surface area contributed by atoms with Crippen LogP contribution < -0.4 is 10.6 Å². The lowest BCUT2D eigenvalue weighted by Gasteiger charge is -2.24. The molecule has 0 radical (unpaired) electrons. The molecular formula is C28H34F2N4O4. The number of amides is 2. The number of benzene rings is 1. The number of ether oxygens (including phenoxy) is 1. The summed E-state index contributed by atoms with van der Waals surface area (Å²) in [7, 11) is 0. The topological polar surface area (TPSA) is 119 Å². The lowest BCUT2D eigenvalue weighted by atomic mass is 10.0. The van der Waals surface area contributed by atoms with Crippen LogP contribution in [0.5, 0.6) is 0 Å². The quantitative estimate of drug-likeness (QED) is 0.242. The van der Waals surface area contributed by atoms with Crippen molar-refractivity contribution < 1.29 is 28.2 Å². The van der Waals surface area contributed by atoms with Crippen LogP contribution in [0, 0.1) is 11.7 Å². The summed E-state index contributed by atoms with van der Waals surface area (Å²) in [5.41, 5.74) is 2.82. The maximum Gasteiger partial charge on any atom is 0.268 e. The molecule has 38 heavy (non-hydrogen) atoms. The van der Waals surface area contributed by atoms with Crippen molar-refractivity contribution in [1.29, 1.82) is 0 Å². The van der Waals surface area contributed by atoms with Crippen molar-refractivity contribution in [1.82, 2.24) is 20.6 Å². The number of aromatic amines is 2. The van der Waals surface area contributed by atoms with E-state index in [0.29, 0.717) is 47.1 Å². The first kappa shape index (κ1) is 27.5. The normalized spacial score (nSPS) is 15.4. The monoisotopic (exact) mass is 528 g/mol. The Morgan fingerprint density at radius 1 is 1.05 bits per heavy atom. The molecule has 0 aliphatic heterocycles. The zero-order chi connectivity index (χ0) is 27.2. The van der Waals surface area contributed by atoms with Crippen molar-refractivity contribution in [3.63, 3.8) is 0 Å². The van der Waals surface area contributed by atoms with E-state index < -0.39 is 6.04 Å². The second-order valence-corrected chi connectivity index (χ2v) is 9.86. The van der Waals surface area contributed by atoms with Crippen LogP contribution in [0.3, 0.4) is 0 Å². The standard InChI is InChI=1S/C28H34F2N4O4/c1-3-4-21(31-27(36)24-11-17-9-19(29)5-7-22(17)32-24)15-38-14-16(2)26(13-35)34-28(37)25-12-18-10-20(30)6-8-23(18)33-25/h5,7,9-12,16,21,26,32-33,35H,3-4,6,8,13-15H2,1-2H3,(H,31,36)(H,34,37). The molecule has 0 fully saturated rings. The van der Waals surface area contributed by atoms with E-state index in [1.54, 1.807) is 18.2 Å². The fourth-order valence-electron chi connectivity index (χ4n) is 4.62. The maximum absolute atomic E-state index is 13.5. The highest BCUT2D eigenvalue weighted by atomic mass is 19.1. The zero-order valence-corrected chi connectivity index (χ0v) is 21.6. The van der Waals surface area contributed by atoms with E-state index in [4.69, 9.17) is 4.74 Å². The number of aryl methyl sites for hydroxylation is 1. The number of aliphatic hydroxyl groups is 1. The van der Waals surface area contributed by atoms with Gasteiger partial charge < -0.3 is 30.4 Å². The molecule has 0 bridgehead atoms. The molecule has 1 aromatic carbocycles. The van der Waals surface area contributed by atoms with Crippen LogP contribution in [0.1, 0.15) is 65.3 Å². The number of carbonyl (C=O) groups is 2. The van der Waals surface area contributed by atoms with Crippen LogP contribution in [-0.4, -0.2) is 58.8 Å². The zero-order valence-electron chi connectivity index (χ0n) is 21.6. The first-order valence-corrected chi connectivity index (χ1v) is 12.9. The van der Waals surface area contributed by atoms with Gasteiger partial charge in [-0.1, -0.05) is 20.3 Å². The first-order chi connectivity index (χ1) is 18.3. The highest BCUT2D eigenvalue weighted by molar-refractivity contribution is 5.98. The lowest BCUT2D eigenvalue weighted by Crippen LogP contribution is -2.44. The number of halogens is 2. The molecule has 204 valence electrons. The molecule has 5 N–H and O–H groups in total. The molecule has 2 aromatic heterocycles. The number of H-pyrrole nitrogens is 2. The molecule has 3 atom stereocenters. The molecule has 4 rings (SSSR count). The fraction of sp³-hybridized carbons (Fsp3) is 0.429. The summed E-state index contributed by atoms with van der Waals surface area (Å²) in [6, 6.07) is 6.72. The minimum atomic E-state index is -0.555. The summed E-state index contributed by atoms with van der Waals surface area (Å²) in [5.74, 6) is -1.48. The Labute approximate surface area is 219 Å². The van der Waals surface area contributed by atoms with Gasteiger partial charge in [-0.25, -0.2) is 8.78 Å². The fourth-order valence-corrected chi connectivity index (χ4v) is 4.62. The smallest absolute Gasteiger partial charge is 0.268 e. The summed E-state index contributed by atoms with van der Waals surface area (Å²) in [6.45, 7) is 4.10. The summed E-state index contributed by atoms with van der Waals surface area (Å²) < 4.78 is 32.9. The molecule has 0 saturated heterocycles. The van der Waals surface area contributed by atoms with E-state index in [0.717, 1.165) is 12.1 Å². The van der Waals surface area contributed by atoms with Crippen molar-refractivity contribution in [2.75, 3.05) is 19.8 Å². The van der Waals surface area contributed by atoms with Gasteiger partial charge in [0, 0.05) is 28.9 Å². The van der Waals surface area contributed by atoms with Crippen LogP contribution in [0.15, 0.2) is 36.2 Å². The van der Waals surface area contributed by atoms with Gasteiger partial charge in [0.25, 0.3) is 11.8 Å². The van der Waals surface area contributed by atoms with Crippen LogP contribution in [0.2, 0.25) is 0 Å².